The Balaban J connectivity index is 1.79. The minimum Gasteiger partial charge on any atom is -0.312 e. The van der Waals surface area contributed by atoms with Crippen LogP contribution in [0.25, 0.3) is 0 Å². The molecule has 1 saturated heterocycles. The third-order valence-electron chi connectivity index (χ3n) is 4.96. The summed E-state index contributed by atoms with van der Waals surface area (Å²) in [5.41, 5.74) is 0.568. The number of likely N-dealkylation sites (tertiary alicyclic amines) is 1. The first-order chi connectivity index (χ1) is 8.48. The summed E-state index contributed by atoms with van der Waals surface area (Å²) in [5, 5.41) is 3.85. The Kier molecular flexibility index (Phi) is 4.71. The highest BCUT2D eigenvalue weighted by atomic mass is 15.2. The average Bonchev–Trinajstić information content (AvgIpc) is 2.88. The second-order valence-electron chi connectivity index (χ2n) is 7.57. The molecule has 1 saturated carbocycles. The standard InChI is InChI=1S/C16H32N2/c1-13(2)15(18-9-5-6-10-18)12-17-14-7-8-16(3,4)11-14/h13-15,17H,5-12H2,1-4H3. The Morgan fingerprint density at radius 2 is 1.89 bits per heavy atom. The van der Waals surface area contributed by atoms with Crippen molar-refractivity contribution in [1.82, 2.24) is 10.2 Å². The smallest absolute Gasteiger partial charge is 0.0243 e. The zero-order valence-corrected chi connectivity index (χ0v) is 12.8. The summed E-state index contributed by atoms with van der Waals surface area (Å²) in [6.45, 7) is 13.4. The summed E-state index contributed by atoms with van der Waals surface area (Å²) in [6.07, 6.45) is 6.93. The Hall–Kier alpha value is -0.0800. The number of hydrogen-bond acceptors (Lipinski definition) is 2. The average molecular weight is 252 g/mol. The molecule has 0 aromatic rings. The number of nitrogens with one attached hydrogen (secondary N) is 1. The molecule has 2 atom stereocenters. The molecule has 0 amide bonds. The molecule has 0 bridgehead atoms. The van der Waals surface area contributed by atoms with Crippen molar-refractivity contribution in [2.75, 3.05) is 19.6 Å². The zero-order valence-electron chi connectivity index (χ0n) is 12.8. The molecule has 18 heavy (non-hydrogen) atoms. The van der Waals surface area contributed by atoms with Crippen LogP contribution in [0.3, 0.4) is 0 Å². The van der Waals surface area contributed by atoms with Crippen LogP contribution in [0.5, 0.6) is 0 Å². The van der Waals surface area contributed by atoms with Crippen molar-refractivity contribution in [3.05, 3.63) is 0 Å². The summed E-state index contributed by atoms with van der Waals surface area (Å²) in [4.78, 5) is 2.71. The highest BCUT2D eigenvalue weighted by molar-refractivity contribution is 4.88. The van der Waals surface area contributed by atoms with Crippen molar-refractivity contribution < 1.29 is 0 Å². The molecule has 0 radical (unpaired) electrons. The molecule has 2 nitrogen and oxygen atoms in total. The predicted octanol–water partition coefficient (Wildman–Crippen LogP) is 3.28. The van der Waals surface area contributed by atoms with Crippen LogP contribution in [0.15, 0.2) is 0 Å². The normalized spacial score (nSPS) is 30.2. The largest absolute Gasteiger partial charge is 0.312 e. The molecular weight excluding hydrogens is 220 g/mol. The molecule has 1 heterocycles. The van der Waals surface area contributed by atoms with Crippen molar-refractivity contribution in [3.63, 3.8) is 0 Å². The first-order valence-corrected chi connectivity index (χ1v) is 7.95. The molecule has 2 fully saturated rings. The quantitative estimate of drug-likeness (QED) is 0.808. The van der Waals surface area contributed by atoms with E-state index in [1.807, 2.05) is 0 Å². The fourth-order valence-electron chi connectivity index (χ4n) is 3.76. The number of nitrogens with zero attached hydrogens (tertiary/aromatic N) is 1. The van der Waals surface area contributed by atoms with Gasteiger partial charge < -0.3 is 5.32 Å². The van der Waals surface area contributed by atoms with Gasteiger partial charge in [-0.2, -0.15) is 0 Å². The van der Waals surface area contributed by atoms with Gasteiger partial charge in [-0.3, -0.25) is 4.90 Å². The van der Waals surface area contributed by atoms with Gasteiger partial charge in [0, 0.05) is 18.6 Å². The van der Waals surface area contributed by atoms with Crippen LogP contribution in [-0.2, 0) is 0 Å². The lowest BCUT2D eigenvalue weighted by molar-refractivity contribution is 0.181. The second-order valence-corrected chi connectivity index (χ2v) is 7.57. The lowest BCUT2D eigenvalue weighted by atomic mass is 9.92. The fraction of sp³-hybridized carbons (Fsp3) is 1.00. The van der Waals surface area contributed by atoms with Crippen LogP contribution in [0, 0.1) is 11.3 Å². The molecule has 2 rings (SSSR count). The molecule has 1 aliphatic carbocycles. The van der Waals surface area contributed by atoms with Crippen LogP contribution >= 0.6 is 0 Å². The van der Waals surface area contributed by atoms with E-state index < -0.39 is 0 Å². The lowest BCUT2D eigenvalue weighted by Gasteiger charge is -2.32. The van der Waals surface area contributed by atoms with Gasteiger partial charge in [-0.1, -0.05) is 27.7 Å². The molecule has 2 heteroatoms. The van der Waals surface area contributed by atoms with Gasteiger partial charge in [0.25, 0.3) is 0 Å². The molecule has 2 unspecified atom stereocenters. The predicted molar refractivity (Wildman–Crippen MR) is 78.9 cm³/mol. The van der Waals surface area contributed by atoms with Gasteiger partial charge in [-0.15, -0.1) is 0 Å². The van der Waals surface area contributed by atoms with Crippen LogP contribution in [0.2, 0.25) is 0 Å². The third kappa shape index (κ3) is 3.71. The highest BCUT2D eigenvalue weighted by Crippen LogP contribution is 2.36. The van der Waals surface area contributed by atoms with E-state index in [4.69, 9.17) is 0 Å². The SMILES string of the molecule is CC(C)C(CNC1CCC(C)(C)C1)N1CCCC1. The van der Waals surface area contributed by atoms with E-state index in [1.165, 1.54) is 51.7 Å². The molecular formula is C16H32N2. The van der Waals surface area contributed by atoms with E-state index >= 15 is 0 Å². The van der Waals surface area contributed by atoms with E-state index in [1.54, 1.807) is 0 Å². The van der Waals surface area contributed by atoms with E-state index in [-0.39, 0.29) is 0 Å². The molecule has 2 aliphatic rings. The molecule has 0 spiro atoms. The second kappa shape index (κ2) is 5.92. The maximum absolute atomic E-state index is 3.85. The van der Waals surface area contributed by atoms with Gasteiger partial charge >= 0.3 is 0 Å². The summed E-state index contributed by atoms with van der Waals surface area (Å²) in [5.74, 6) is 0.769. The highest BCUT2D eigenvalue weighted by Gasteiger charge is 2.32. The van der Waals surface area contributed by atoms with Gasteiger partial charge in [-0.25, -0.2) is 0 Å². The van der Waals surface area contributed by atoms with Crippen LogP contribution in [0.4, 0.5) is 0 Å². The van der Waals surface area contributed by atoms with E-state index in [0.29, 0.717) is 5.41 Å². The van der Waals surface area contributed by atoms with Gasteiger partial charge in [0.15, 0.2) is 0 Å². The van der Waals surface area contributed by atoms with Crippen molar-refractivity contribution >= 4 is 0 Å². The first kappa shape index (κ1) is 14.3. The topological polar surface area (TPSA) is 15.3 Å². The third-order valence-corrected chi connectivity index (χ3v) is 4.96. The minimum absolute atomic E-state index is 0.568. The summed E-state index contributed by atoms with van der Waals surface area (Å²) >= 11 is 0. The molecule has 0 aromatic carbocycles. The maximum Gasteiger partial charge on any atom is 0.0243 e. The van der Waals surface area contributed by atoms with Gasteiger partial charge in [0.05, 0.1) is 0 Å². The summed E-state index contributed by atoms with van der Waals surface area (Å²) in [7, 11) is 0. The molecule has 1 aliphatic heterocycles. The monoisotopic (exact) mass is 252 g/mol. The maximum atomic E-state index is 3.85. The van der Waals surface area contributed by atoms with Crippen molar-refractivity contribution in [2.45, 2.75) is 71.9 Å². The minimum atomic E-state index is 0.568. The lowest BCUT2D eigenvalue weighted by Crippen LogP contribution is -2.46. The fourth-order valence-corrected chi connectivity index (χ4v) is 3.76. The molecule has 1 N–H and O–H groups in total. The summed E-state index contributed by atoms with van der Waals surface area (Å²) < 4.78 is 0. The van der Waals surface area contributed by atoms with E-state index in [0.717, 1.165) is 18.0 Å². The zero-order chi connectivity index (χ0) is 13.2. The van der Waals surface area contributed by atoms with E-state index in [2.05, 4.69) is 37.9 Å². The van der Waals surface area contributed by atoms with Crippen LogP contribution in [-0.4, -0.2) is 36.6 Å². The Bertz CT molecular complexity index is 254. The van der Waals surface area contributed by atoms with Gasteiger partial charge in [0.1, 0.15) is 0 Å². The Morgan fingerprint density at radius 3 is 2.39 bits per heavy atom. The van der Waals surface area contributed by atoms with Gasteiger partial charge in [0.2, 0.25) is 0 Å². The summed E-state index contributed by atoms with van der Waals surface area (Å²) in [6, 6.07) is 1.51. The van der Waals surface area contributed by atoms with Crippen molar-refractivity contribution in [1.29, 1.82) is 0 Å². The van der Waals surface area contributed by atoms with Gasteiger partial charge in [-0.05, 0) is 56.5 Å². The Morgan fingerprint density at radius 1 is 1.22 bits per heavy atom. The first-order valence-electron chi connectivity index (χ1n) is 7.95. The van der Waals surface area contributed by atoms with Crippen LogP contribution < -0.4 is 5.32 Å². The molecule has 106 valence electrons. The van der Waals surface area contributed by atoms with Crippen molar-refractivity contribution in [3.8, 4) is 0 Å². The number of rotatable bonds is 5. The van der Waals surface area contributed by atoms with Crippen LogP contribution in [0.1, 0.15) is 59.8 Å². The Labute approximate surface area is 114 Å². The molecule has 0 aromatic heterocycles. The van der Waals surface area contributed by atoms with Crippen molar-refractivity contribution in [2.24, 2.45) is 11.3 Å². The van der Waals surface area contributed by atoms with E-state index in [9.17, 15) is 0 Å². The number of hydrogen-bond donors (Lipinski definition) is 1.